The van der Waals surface area contributed by atoms with Crippen LogP contribution in [-0.4, -0.2) is 50.3 Å². The highest BCUT2D eigenvalue weighted by Gasteiger charge is 2.19. The van der Waals surface area contributed by atoms with Gasteiger partial charge in [-0.05, 0) is 33.2 Å². The van der Waals surface area contributed by atoms with Crippen LogP contribution in [0.1, 0.15) is 26.7 Å². The molecule has 0 aromatic rings. The van der Waals surface area contributed by atoms with E-state index in [0.29, 0.717) is 6.04 Å². The number of ether oxygens (including phenoxy) is 1. The van der Waals surface area contributed by atoms with Gasteiger partial charge in [0, 0.05) is 32.3 Å². The highest BCUT2D eigenvalue weighted by atomic mass is 16.5. The van der Waals surface area contributed by atoms with Crippen molar-refractivity contribution >= 4 is 0 Å². The lowest BCUT2D eigenvalue weighted by atomic mass is 10.2. The van der Waals surface area contributed by atoms with Crippen molar-refractivity contribution in [3.63, 3.8) is 0 Å². The Morgan fingerprint density at radius 3 is 2.93 bits per heavy atom. The first-order valence-electron chi connectivity index (χ1n) is 5.70. The Hall–Kier alpha value is -0.120. The van der Waals surface area contributed by atoms with E-state index in [9.17, 15) is 0 Å². The van der Waals surface area contributed by atoms with Crippen LogP contribution in [0.5, 0.6) is 0 Å². The number of hydrogen-bond donors (Lipinski definition) is 1. The second-order valence-corrected chi connectivity index (χ2v) is 4.34. The Morgan fingerprint density at radius 2 is 2.36 bits per heavy atom. The molecule has 0 saturated carbocycles. The van der Waals surface area contributed by atoms with Crippen LogP contribution >= 0.6 is 0 Å². The molecule has 1 saturated heterocycles. The van der Waals surface area contributed by atoms with E-state index in [2.05, 4.69) is 24.1 Å². The molecule has 14 heavy (non-hydrogen) atoms. The van der Waals surface area contributed by atoms with Crippen molar-refractivity contribution in [1.29, 1.82) is 0 Å². The molecule has 2 atom stereocenters. The van der Waals surface area contributed by atoms with Gasteiger partial charge in [-0.2, -0.15) is 0 Å². The van der Waals surface area contributed by atoms with Crippen LogP contribution in [0.25, 0.3) is 0 Å². The summed E-state index contributed by atoms with van der Waals surface area (Å²) in [6, 6.07) is 1.26. The normalized spacial score (nSPS) is 25.5. The van der Waals surface area contributed by atoms with E-state index in [4.69, 9.17) is 4.74 Å². The summed E-state index contributed by atoms with van der Waals surface area (Å²) < 4.78 is 5.07. The van der Waals surface area contributed by atoms with Gasteiger partial charge >= 0.3 is 0 Å². The molecule has 0 bridgehead atoms. The van der Waals surface area contributed by atoms with Crippen LogP contribution in [0, 0.1) is 0 Å². The molecule has 1 heterocycles. The van der Waals surface area contributed by atoms with E-state index >= 15 is 0 Å². The summed E-state index contributed by atoms with van der Waals surface area (Å²) in [4.78, 5) is 2.56. The van der Waals surface area contributed by atoms with E-state index in [1.54, 1.807) is 7.11 Å². The highest BCUT2D eigenvalue weighted by molar-refractivity contribution is 4.75. The minimum Gasteiger partial charge on any atom is -0.383 e. The molecule has 0 aromatic carbocycles. The predicted octanol–water partition coefficient (Wildman–Crippen LogP) is 1.10. The van der Waals surface area contributed by atoms with Crippen molar-refractivity contribution in [3.8, 4) is 0 Å². The molecule has 0 spiro atoms. The van der Waals surface area contributed by atoms with Crippen molar-refractivity contribution in [2.75, 3.05) is 33.4 Å². The van der Waals surface area contributed by atoms with Crippen LogP contribution in [0.4, 0.5) is 0 Å². The van der Waals surface area contributed by atoms with E-state index in [0.717, 1.165) is 19.2 Å². The van der Waals surface area contributed by atoms with Crippen molar-refractivity contribution in [3.05, 3.63) is 0 Å². The largest absolute Gasteiger partial charge is 0.383 e. The van der Waals surface area contributed by atoms with Gasteiger partial charge in [-0.25, -0.2) is 0 Å². The first-order chi connectivity index (χ1) is 6.74. The topological polar surface area (TPSA) is 24.5 Å². The first kappa shape index (κ1) is 12.0. The zero-order valence-corrected chi connectivity index (χ0v) is 9.75. The monoisotopic (exact) mass is 200 g/mol. The van der Waals surface area contributed by atoms with Crippen LogP contribution in [0.15, 0.2) is 0 Å². The van der Waals surface area contributed by atoms with Crippen molar-refractivity contribution < 1.29 is 4.74 Å². The maximum atomic E-state index is 5.07. The van der Waals surface area contributed by atoms with Gasteiger partial charge in [-0.1, -0.05) is 0 Å². The average Bonchev–Trinajstić information content (AvgIpc) is 2.52. The molecule has 1 fully saturated rings. The minimum absolute atomic E-state index is 0.470. The van der Waals surface area contributed by atoms with Gasteiger partial charge in [0.25, 0.3) is 0 Å². The summed E-state index contributed by atoms with van der Waals surface area (Å²) in [6.45, 7) is 8.82. The predicted molar refractivity (Wildman–Crippen MR) is 59.6 cm³/mol. The van der Waals surface area contributed by atoms with Gasteiger partial charge in [-0.15, -0.1) is 0 Å². The Bertz CT molecular complexity index is 152. The summed E-state index contributed by atoms with van der Waals surface area (Å²) in [5.41, 5.74) is 0. The summed E-state index contributed by atoms with van der Waals surface area (Å²) in [6.07, 6.45) is 2.74. The summed E-state index contributed by atoms with van der Waals surface area (Å²) in [5, 5.41) is 3.46. The molecular formula is C11H24N2O. The Labute approximate surface area is 87.8 Å². The fourth-order valence-electron chi connectivity index (χ4n) is 2.09. The lowest BCUT2D eigenvalue weighted by Gasteiger charge is -2.22. The molecule has 3 heteroatoms. The Morgan fingerprint density at radius 1 is 1.57 bits per heavy atom. The first-order valence-corrected chi connectivity index (χ1v) is 5.70. The number of rotatable bonds is 6. The SMILES string of the molecule is COCC(C)NCCN1CCCC1C. The summed E-state index contributed by atoms with van der Waals surface area (Å²) >= 11 is 0. The van der Waals surface area contributed by atoms with Crippen LogP contribution in [-0.2, 0) is 4.74 Å². The highest BCUT2D eigenvalue weighted by Crippen LogP contribution is 2.14. The number of nitrogens with zero attached hydrogens (tertiary/aromatic N) is 1. The lowest BCUT2D eigenvalue weighted by Crippen LogP contribution is -2.38. The third kappa shape index (κ3) is 3.95. The lowest BCUT2D eigenvalue weighted by molar-refractivity contribution is 0.168. The van der Waals surface area contributed by atoms with Gasteiger partial charge in [0.05, 0.1) is 6.61 Å². The maximum absolute atomic E-state index is 5.07. The van der Waals surface area contributed by atoms with E-state index in [-0.39, 0.29) is 0 Å². The molecule has 0 aliphatic carbocycles. The molecule has 1 rings (SSSR count). The second-order valence-electron chi connectivity index (χ2n) is 4.34. The summed E-state index contributed by atoms with van der Waals surface area (Å²) in [5.74, 6) is 0. The zero-order chi connectivity index (χ0) is 10.4. The van der Waals surface area contributed by atoms with E-state index in [1.807, 2.05) is 0 Å². The molecule has 0 radical (unpaired) electrons. The fraction of sp³-hybridized carbons (Fsp3) is 1.00. The van der Waals surface area contributed by atoms with E-state index < -0.39 is 0 Å². The summed E-state index contributed by atoms with van der Waals surface area (Å²) in [7, 11) is 1.75. The van der Waals surface area contributed by atoms with Crippen LogP contribution < -0.4 is 5.32 Å². The van der Waals surface area contributed by atoms with Crippen LogP contribution in [0.2, 0.25) is 0 Å². The van der Waals surface area contributed by atoms with Gasteiger partial charge in [-0.3, -0.25) is 4.90 Å². The van der Waals surface area contributed by atoms with Gasteiger partial charge in [0.2, 0.25) is 0 Å². The Balaban J connectivity index is 2.03. The standard InChI is InChI=1S/C11H24N2O/c1-10(9-14-3)12-6-8-13-7-4-5-11(13)2/h10-12H,4-9H2,1-3H3. The minimum atomic E-state index is 0.470. The third-order valence-corrected chi connectivity index (χ3v) is 3.00. The average molecular weight is 200 g/mol. The molecule has 1 aliphatic heterocycles. The number of likely N-dealkylation sites (tertiary alicyclic amines) is 1. The maximum Gasteiger partial charge on any atom is 0.0613 e. The third-order valence-electron chi connectivity index (χ3n) is 3.00. The smallest absolute Gasteiger partial charge is 0.0613 e. The molecule has 2 unspecified atom stereocenters. The molecule has 3 nitrogen and oxygen atoms in total. The van der Waals surface area contributed by atoms with Crippen molar-refractivity contribution in [1.82, 2.24) is 10.2 Å². The van der Waals surface area contributed by atoms with Gasteiger partial charge in [0.1, 0.15) is 0 Å². The quantitative estimate of drug-likeness (QED) is 0.695. The molecule has 1 N–H and O–H groups in total. The van der Waals surface area contributed by atoms with Gasteiger partial charge < -0.3 is 10.1 Å². The van der Waals surface area contributed by atoms with Crippen LogP contribution in [0.3, 0.4) is 0 Å². The second kappa shape index (κ2) is 6.38. The molecule has 1 aliphatic rings. The number of hydrogen-bond acceptors (Lipinski definition) is 3. The zero-order valence-electron chi connectivity index (χ0n) is 9.75. The van der Waals surface area contributed by atoms with Crippen molar-refractivity contribution in [2.45, 2.75) is 38.8 Å². The molecule has 0 amide bonds. The molecule has 84 valence electrons. The number of nitrogens with one attached hydrogen (secondary N) is 1. The fourth-order valence-corrected chi connectivity index (χ4v) is 2.09. The Kier molecular flexibility index (Phi) is 5.45. The van der Waals surface area contributed by atoms with Gasteiger partial charge in [0.15, 0.2) is 0 Å². The molecule has 0 aromatic heterocycles. The number of methoxy groups -OCH3 is 1. The van der Waals surface area contributed by atoms with Crippen molar-refractivity contribution in [2.24, 2.45) is 0 Å². The molecular weight excluding hydrogens is 176 g/mol. The van der Waals surface area contributed by atoms with E-state index in [1.165, 1.54) is 25.9 Å².